The first-order chi connectivity index (χ1) is 17.1. The third-order valence-corrected chi connectivity index (χ3v) is 7.77. The SMILES string of the molecule is CC(=O)OOc1cccc(C(C)C2CCSC2c2nc(-c3ccccc3)c(-c3ccccc3)o2)c1. The highest BCUT2D eigenvalue weighted by molar-refractivity contribution is 7.99. The standard InChI is InChI=1S/C29H27NO4S/c1-19(23-14-9-15-24(18-23)34-33-20(2)31)25-16-17-35-28(25)29-30-26(21-10-5-3-6-11-21)27(32-29)22-12-7-4-8-13-22/h3-15,18-19,25,28H,16-17H2,1-2H3. The zero-order valence-corrected chi connectivity index (χ0v) is 20.5. The molecular formula is C29H27NO4S. The van der Waals surface area contributed by atoms with Gasteiger partial charge in [0.25, 0.3) is 0 Å². The first-order valence-electron chi connectivity index (χ1n) is 11.8. The third-order valence-electron chi connectivity index (χ3n) is 6.39. The molecular weight excluding hydrogens is 458 g/mol. The predicted octanol–water partition coefficient (Wildman–Crippen LogP) is 7.46. The Morgan fingerprint density at radius 1 is 1.00 bits per heavy atom. The molecule has 0 aliphatic carbocycles. The number of thioether (sulfide) groups is 1. The Morgan fingerprint density at radius 3 is 2.43 bits per heavy atom. The first kappa shape index (κ1) is 23.2. The molecule has 0 radical (unpaired) electrons. The lowest BCUT2D eigenvalue weighted by atomic mass is 9.83. The number of carbonyl (C=O) groups excluding carboxylic acids is 1. The summed E-state index contributed by atoms with van der Waals surface area (Å²) in [4.78, 5) is 26.0. The van der Waals surface area contributed by atoms with Crippen molar-refractivity contribution in [2.75, 3.05) is 5.75 Å². The van der Waals surface area contributed by atoms with Gasteiger partial charge in [0, 0.05) is 18.1 Å². The monoisotopic (exact) mass is 485 g/mol. The van der Waals surface area contributed by atoms with E-state index in [0.29, 0.717) is 11.7 Å². The van der Waals surface area contributed by atoms with E-state index in [1.54, 1.807) is 6.07 Å². The summed E-state index contributed by atoms with van der Waals surface area (Å²) >= 11 is 1.90. The van der Waals surface area contributed by atoms with Crippen molar-refractivity contribution in [3.05, 3.63) is 96.4 Å². The van der Waals surface area contributed by atoms with Crippen LogP contribution in [0.3, 0.4) is 0 Å². The summed E-state index contributed by atoms with van der Waals surface area (Å²) in [7, 11) is 0. The van der Waals surface area contributed by atoms with Gasteiger partial charge < -0.3 is 4.42 Å². The number of hydrogen-bond donors (Lipinski definition) is 0. The Bertz CT molecular complexity index is 1230. The van der Waals surface area contributed by atoms with E-state index in [2.05, 4.69) is 37.3 Å². The molecule has 0 N–H and O–H groups in total. The van der Waals surface area contributed by atoms with Crippen LogP contribution in [0.1, 0.15) is 42.9 Å². The van der Waals surface area contributed by atoms with Crippen molar-refractivity contribution in [3.8, 4) is 28.3 Å². The molecule has 3 atom stereocenters. The minimum Gasteiger partial charge on any atom is -0.439 e. The summed E-state index contributed by atoms with van der Waals surface area (Å²) in [5.74, 6) is 3.24. The Labute approximate surface area is 209 Å². The largest absolute Gasteiger partial charge is 0.439 e. The lowest BCUT2D eigenvalue weighted by molar-refractivity contribution is -0.210. The molecule has 1 saturated heterocycles. The van der Waals surface area contributed by atoms with E-state index >= 15 is 0 Å². The van der Waals surface area contributed by atoms with Crippen LogP contribution in [-0.2, 0) is 9.68 Å². The van der Waals surface area contributed by atoms with E-state index in [4.69, 9.17) is 19.2 Å². The van der Waals surface area contributed by atoms with Crippen molar-refractivity contribution in [2.24, 2.45) is 5.92 Å². The van der Waals surface area contributed by atoms with Crippen LogP contribution in [-0.4, -0.2) is 16.7 Å². The maximum Gasteiger partial charge on any atom is 0.352 e. The summed E-state index contributed by atoms with van der Waals surface area (Å²) in [6.45, 7) is 3.55. The number of rotatable bonds is 7. The molecule has 1 aromatic heterocycles. The smallest absolute Gasteiger partial charge is 0.352 e. The number of benzene rings is 3. The van der Waals surface area contributed by atoms with E-state index in [1.165, 1.54) is 6.92 Å². The second-order valence-corrected chi connectivity index (χ2v) is 9.97. The van der Waals surface area contributed by atoms with Crippen molar-refractivity contribution in [1.82, 2.24) is 4.98 Å². The lowest BCUT2D eigenvalue weighted by Gasteiger charge is -2.24. The van der Waals surface area contributed by atoms with Gasteiger partial charge in [0.2, 0.25) is 5.89 Å². The highest BCUT2D eigenvalue weighted by Crippen LogP contribution is 2.51. The summed E-state index contributed by atoms with van der Waals surface area (Å²) in [6.07, 6.45) is 1.06. The summed E-state index contributed by atoms with van der Waals surface area (Å²) in [6, 6.07) is 28.1. The molecule has 1 aliphatic rings. The number of hydrogen-bond acceptors (Lipinski definition) is 6. The van der Waals surface area contributed by atoms with Gasteiger partial charge in [0.05, 0.1) is 5.25 Å². The fourth-order valence-electron chi connectivity index (χ4n) is 4.61. The Hall–Kier alpha value is -3.51. The molecule has 4 aromatic rings. The van der Waals surface area contributed by atoms with Gasteiger partial charge in [-0.05, 0) is 41.7 Å². The van der Waals surface area contributed by atoms with Gasteiger partial charge in [-0.2, -0.15) is 0 Å². The van der Waals surface area contributed by atoms with Crippen LogP contribution >= 0.6 is 11.8 Å². The lowest BCUT2D eigenvalue weighted by Crippen LogP contribution is -2.13. The minimum atomic E-state index is -0.483. The van der Waals surface area contributed by atoms with Crippen LogP contribution in [0.2, 0.25) is 0 Å². The average molecular weight is 486 g/mol. The van der Waals surface area contributed by atoms with Gasteiger partial charge in [-0.1, -0.05) is 79.7 Å². The van der Waals surface area contributed by atoms with E-state index < -0.39 is 5.97 Å². The second kappa shape index (κ2) is 10.4. The highest BCUT2D eigenvalue weighted by atomic mass is 32.2. The van der Waals surface area contributed by atoms with Gasteiger partial charge >= 0.3 is 5.97 Å². The minimum absolute atomic E-state index is 0.142. The van der Waals surface area contributed by atoms with Crippen LogP contribution in [0.4, 0.5) is 0 Å². The van der Waals surface area contributed by atoms with Gasteiger partial charge in [0.15, 0.2) is 11.5 Å². The van der Waals surface area contributed by atoms with Crippen molar-refractivity contribution >= 4 is 17.7 Å². The highest BCUT2D eigenvalue weighted by Gasteiger charge is 2.38. The van der Waals surface area contributed by atoms with Gasteiger partial charge in [0.1, 0.15) is 5.69 Å². The Balaban J connectivity index is 1.46. The molecule has 5 nitrogen and oxygen atoms in total. The van der Waals surface area contributed by atoms with E-state index in [9.17, 15) is 4.79 Å². The topological polar surface area (TPSA) is 61.6 Å². The van der Waals surface area contributed by atoms with E-state index in [1.807, 2.05) is 60.3 Å². The molecule has 3 unspecified atom stereocenters. The van der Waals surface area contributed by atoms with E-state index in [0.717, 1.165) is 46.2 Å². The fourth-order valence-corrected chi connectivity index (χ4v) is 6.14. The molecule has 0 bridgehead atoms. The summed E-state index contributed by atoms with van der Waals surface area (Å²) < 4.78 is 6.53. The molecule has 6 heteroatoms. The number of oxazole rings is 1. The first-order valence-corrected chi connectivity index (χ1v) is 12.8. The number of carbonyl (C=O) groups is 1. The van der Waals surface area contributed by atoms with Gasteiger partial charge in [-0.15, -0.1) is 11.8 Å². The maximum absolute atomic E-state index is 11.1. The maximum atomic E-state index is 11.1. The molecule has 1 fully saturated rings. The molecule has 35 heavy (non-hydrogen) atoms. The third kappa shape index (κ3) is 5.13. The molecule has 2 heterocycles. The zero-order valence-electron chi connectivity index (χ0n) is 19.7. The van der Waals surface area contributed by atoms with Crippen molar-refractivity contribution in [3.63, 3.8) is 0 Å². The second-order valence-electron chi connectivity index (χ2n) is 8.73. The van der Waals surface area contributed by atoms with Crippen LogP contribution in [0.25, 0.3) is 22.6 Å². The van der Waals surface area contributed by atoms with Crippen molar-refractivity contribution in [2.45, 2.75) is 31.4 Å². The van der Waals surface area contributed by atoms with Crippen LogP contribution in [0.5, 0.6) is 5.75 Å². The van der Waals surface area contributed by atoms with Crippen LogP contribution in [0, 0.1) is 5.92 Å². The van der Waals surface area contributed by atoms with Gasteiger partial charge in [-0.25, -0.2) is 9.78 Å². The fraction of sp³-hybridized carbons (Fsp3) is 0.241. The summed E-state index contributed by atoms with van der Waals surface area (Å²) in [5, 5.41) is 0.142. The number of aromatic nitrogens is 1. The van der Waals surface area contributed by atoms with Crippen molar-refractivity contribution in [1.29, 1.82) is 0 Å². The van der Waals surface area contributed by atoms with Crippen LogP contribution in [0.15, 0.2) is 89.3 Å². The molecule has 5 rings (SSSR count). The average Bonchev–Trinajstić information content (AvgIpc) is 3.56. The predicted molar refractivity (Wildman–Crippen MR) is 138 cm³/mol. The quantitative estimate of drug-likeness (QED) is 0.200. The summed E-state index contributed by atoms with van der Waals surface area (Å²) in [5.41, 5.74) is 4.07. The molecule has 0 spiro atoms. The zero-order chi connectivity index (χ0) is 24.2. The number of nitrogens with zero attached hydrogens (tertiary/aromatic N) is 1. The van der Waals surface area contributed by atoms with Gasteiger partial charge in [-0.3, -0.25) is 9.78 Å². The molecule has 178 valence electrons. The van der Waals surface area contributed by atoms with Crippen molar-refractivity contribution < 1.29 is 19.0 Å². The molecule has 0 amide bonds. The van der Waals surface area contributed by atoms with E-state index in [-0.39, 0.29) is 11.2 Å². The molecule has 1 aliphatic heterocycles. The van der Waals surface area contributed by atoms with Crippen LogP contribution < -0.4 is 4.89 Å². The molecule has 0 saturated carbocycles. The Morgan fingerprint density at radius 2 is 1.71 bits per heavy atom. The Kier molecular flexibility index (Phi) is 6.91. The molecule has 3 aromatic carbocycles. The normalized spacial score (nSPS) is 18.2.